The van der Waals surface area contributed by atoms with Crippen LogP contribution in [0.15, 0.2) is 29.2 Å². The smallest absolute Gasteiger partial charge is 0.243 e. The van der Waals surface area contributed by atoms with Crippen molar-refractivity contribution in [1.29, 1.82) is 0 Å². The molecule has 26 heavy (non-hydrogen) atoms. The fraction of sp³-hybridized carbons (Fsp3) is 0.556. The van der Waals surface area contributed by atoms with Crippen molar-refractivity contribution in [2.24, 2.45) is 0 Å². The molecule has 1 heterocycles. The quantitative estimate of drug-likeness (QED) is 0.845. The molecule has 1 saturated carbocycles. The molecule has 2 fully saturated rings. The molecule has 1 saturated heterocycles. The molecule has 1 aromatic rings. The van der Waals surface area contributed by atoms with Crippen LogP contribution in [0.5, 0.6) is 0 Å². The van der Waals surface area contributed by atoms with Crippen molar-refractivity contribution in [3.63, 3.8) is 0 Å². The summed E-state index contributed by atoms with van der Waals surface area (Å²) in [6.07, 6.45) is 3.10. The lowest BCUT2D eigenvalue weighted by Crippen LogP contribution is -2.49. The van der Waals surface area contributed by atoms with Crippen LogP contribution in [0.1, 0.15) is 39.5 Å². The van der Waals surface area contributed by atoms with Crippen molar-refractivity contribution in [3.05, 3.63) is 24.3 Å². The monoisotopic (exact) mass is 379 g/mol. The third kappa shape index (κ3) is 4.07. The molecule has 3 rings (SSSR count). The van der Waals surface area contributed by atoms with E-state index in [1.807, 2.05) is 0 Å². The van der Waals surface area contributed by atoms with Gasteiger partial charge in [0.05, 0.1) is 4.90 Å². The second-order valence-corrected chi connectivity index (χ2v) is 8.85. The van der Waals surface area contributed by atoms with Crippen LogP contribution in [0.4, 0.5) is 5.69 Å². The van der Waals surface area contributed by atoms with E-state index in [2.05, 4.69) is 5.32 Å². The molecule has 1 aromatic carbocycles. The average molecular weight is 379 g/mol. The summed E-state index contributed by atoms with van der Waals surface area (Å²) in [5.41, 5.74) is 0.573. The molecular weight excluding hydrogens is 354 g/mol. The second-order valence-electron chi connectivity index (χ2n) is 7.01. The molecule has 142 valence electrons. The van der Waals surface area contributed by atoms with E-state index in [1.165, 1.54) is 6.92 Å². The van der Waals surface area contributed by atoms with E-state index in [9.17, 15) is 18.0 Å². The van der Waals surface area contributed by atoms with Crippen molar-refractivity contribution >= 4 is 27.5 Å². The van der Waals surface area contributed by atoms with Gasteiger partial charge in [0.2, 0.25) is 21.8 Å². The summed E-state index contributed by atoms with van der Waals surface area (Å²) in [6.45, 7) is 4.15. The highest BCUT2D eigenvalue weighted by molar-refractivity contribution is 7.89. The Morgan fingerprint density at radius 2 is 1.54 bits per heavy atom. The molecule has 1 aliphatic heterocycles. The highest BCUT2D eigenvalue weighted by atomic mass is 32.2. The van der Waals surface area contributed by atoms with Crippen LogP contribution in [0.3, 0.4) is 0 Å². The average Bonchev–Trinajstić information content (AvgIpc) is 3.40. The summed E-state index contributed by atoms with van der Waals surface area (Å²) in [7, 11) is -3.60. The Kier molecular flexibility index (Phi) is 5.34. The third-order valence-corrected chi connectivity index (χ3v) is 6.95. The van der Waals surface area contributed by atoms with Gasteiger partial charge < -0.3 is 10.2 Å². The van der Waals surface area contributed by atoms with Gasteiger partial charge in [0.1, 0.15) is 0 Å². The Balaban J connectivity index is 1.79. The zero-order valence-electron chi connectivity index (χ0n) is 15.1. The first kappa shape index (κ1) is 18.8. The van der Waals surface area contributed by atoms with Crippen LogP contribution in [0.25, 0.3) is 0 Å². The Hall–Kier alpha value is -1.93. The van der Waals surface area contributed by atoms with Crippen LogP contribution >= 0.6 is 0 Å². The highest BCUT2D eigenvalue weighted by Gasteiger charge is 2.43. The van der Waals surface area contributed by atoms with E-state index >= 15 is 0 Å². The third-order valence-electron chi connectivity index (χ3n) is 4.93. The van der Waals surface area contributed by atoms with Crippen molar-refractivity contribution < 1.29 is 18.0 Å². The molecule has 2 aliphatic rings. The van der Waals surface area contributed by atoms with Gasteiger partial charge in [-0.1, -0.05) is 0 Å². The van der Waals surface area contributed by atoms with E-state index < -0.39 is 10.0 Å². The summed E-state index contributed by atoms with van der Waals surface area (Å²) in [5, 5.41) is 2.64. The van der Waals surface area contributed by atoms with Gasteiger partial charge in [0.15, 0.2) is 0 Å². The van der Waals surface area contributed by atoms with Gasteiger partial charge in [-0.3, -0.25) is 9.59 Å². The first-order chi connectivity index (χ1) is 12.3. The number of carbonyl (C=O) groups is 2. The van der Waals surface area contributed by atoms with Crippen LogP contribution in [0, 0.1) is 0 Å². The molecule has 0 spiro atoms. The van der Waals surface area contributed by atoms with Crippen molar-refractivity contribution in [3.8, 4) is 0 Å². The molecular formula is C18H25N3O4S. The van der Waals surface area contributed by atoms with Crippen LogP contribution in [-0.4, -0.2) is 54.6 Å². The minimum Gasteiger partial charge on any atom is -0.343 e. The SMILES string of the molecule is CC(=O)Nc1ccc(S(=O)(=O)N(C2CC2)C2CCN(C(C)=O)CC2)cc1. The maximum atomic E-state index is 13.2. The summed E-state index contributed by atoms with van der Waals surface area (Å²) in [4.78, 5) is 24.6. The molecule has 2 amide bonds. The number of hydrogen-bond acceptors (Lipinski definition) is 4. The Labute approximate surface area is 154 Å². The number of anilines is 1. The number of rotatable bonds is 5. The number of carbonyl (C=O) groups excluding carboxylic acids is 2. The molecule has 0 atom stereocenters. The van der Waals surface area contributed by atoms with Crippen LogP contribution in [-0.2, 0) is 19.6 Å². The van der Waals surface area contributed by atoms with Gasteiger partial charge in [0, 0.05) is 44.7 Å². The molecule has 0 aromatic heterocycles. The van der Waals surface area contributed by atoms with Crippen molar-refractivity contribution in [2.45, 2.75) is 56.5 Å². The summed E-state index contributed by atoms with van der Waals surface area (Å²) in [6, 6.07) is 6.29. The lowest BCUT2D eigenvalue weighted by molar-refractivity contribution is -0.130. The molecule has 7 nitrogen and oxygen atoms in total. The zero-order valence-corrected chi connectivity index (χ0v) is 16.0. The first-order valence-corrected chi connectivity index (χ1v) is 10.4. The number of piperidine rings is 1. The molecule has 8 heteroatoms. The number of amides is 2. The number of nitrogens with zero attached hydrogens (tertiary/aromatic N) is 2. The van der Waals surface area contributed by atoms with Gasteiger partial charge in [0.25, 0.3) is 0 Å². The Bertz CT molecular complexity index is 779. The minimum absolute atomic E-state index is 0.0397. The second kappa shape index (κ2) is 7.36. The lowest BCUT2D eigenvalue weighted by atomic mass is 10.0. The van der Waals surface area contributed by atoms with Gasteiger partial charge in [-0.05, 0) is 49.9 Å². The predicted molar refractivity (Wildman–Crippen MR) is 98.1 cm³/mol. The minimum atomic E-state index is -3.60. The predicted octanol–water partition coefficient (Wildman–Crippen LogP) is 1.81. The van der Waals surface area contributed by atoms with Gasteiger partial charge in [-0.2, -0.15) is 4.31 Å². The maximum Gasteiger partial charge on any atom is 0.243 e. The summed E-state index contributed by atoms with van der Waals surface area (Å²) < 4.78 is 28.1. The number of nitrogens with one attached hydrogen (secondary N) is 1. The van der Waals surface area contributed by atoms with Gasteiger partial charge in [-0.15, -0.1) is 0 Å². The topological polar surface area (TPSA) is 86.8 Å². The number of likely N-dealkylation sites (tertiary alicyclic amines) is 1. The van der Waals surface area contributed by atoms with E-state index in [4.69, 9.17) is 0 Å². The van der Waals surface area contributed by atoms with E-state index in [1.54, 1.807) is 40.4 Å². The largest absolute Gasteiger partial charge is 0.343 e. The Morgan fingerprint density at radius 3 is 2.00 bits per heavy atom. The molecule has 0 bridgehead atoms. The molecule has 1 N–H and O–H groups in total. The maximum absolute atomic E-state index is 13.2. The summed E-state index contributed by atoms with van der Waals surface area (Å²) >= 11 is 0. The fourth-order valence-electron chi connectivity index (χ4n) is 3.49. The normalized spacial score (nSPS) is 18.8. The van der Waals surface area contributed by atoms with Gasteiger partial charge >= 0.3 is 0 Å². The fourth-order valence-corrected chi connectivity index (χ4v) is 5.42. The Morgan fingerprint density at radius 1 is 1.00 bits per heavy atom. The molecule has 1 aliphatic carbocycles. The number of hydrogen-bond donors (Lipinski definition) is 1. The number of benzene rings is 1. The van der Waals surface area contributed by atoms with E-state index in [0.29, 0.717) is 31.6 Å². The standard InChI is InChI=1S/C18H25N3O4S/c1-13(22)19-15-3-7-18(8-4-15)26(24,25)21(16-5-6-16)17-9-11-20(12-10-17)14(2)23/h3-4,7-8,16-17H,5-6,9-12H2,1-2H3,(H,19,22). The van der Waals surface area contributed by atoms with Crippen LogP contribution in [0.2, 0.25) is 0 Å². The zero-order chi connectivity index (χ0) is 18.9. The summed E-state index contributed by atoms with van der Waals surface area (Å²) in [5.74, 6) is -0.157. The van der Waals surface area contributed by atoms with Crippen molar-refractivity contribution in [2.75, 3.05) is 18.4 Å². The van der Waals surface area contributed by atoms with Crippen LogP contribution < -0.4 is 5.32 Å². The number of sulfonamides is 1. The van der Waals surface area contributed by atoms with Crippen molar-refractivity contribution in [1.82, 2.24) is 9.21 Å². The van der Waals surface area contributed by atoms with Gasteiger partial charge in [-0.25, -0.2) is 8.42 Å². The molecule has 0 radical (unpaired) electrons. The highest BCUT2D eigenvalue weighted by Crippen LogP contribution is 2.36. The molecule has 0 unspecified atom stereocenters. The van der Waals surface area contributed by atoms with E-state index in [0.717, 1.165) is 12.8 Å². The van der Waals surface area contributed by atoms with E-state index in [-0.39, 0.29) is 28.8 Å². The lowest BCUT2D eigenvalue weighted by Gasteiger charge is -2.37. The first-order valence-electron chi connectivity index (χ1n) is 8.96.